The minimum atomic E-state index is -1.22. The number of amides is 3. The normalized spacial score (nSPS) is 19.5. The molecule has 1 aliphatic heterocycles. The van der Waals surface area contributed by atoms with Gasteiger partial charge in [-0.25, -0.2) is 4.79 Å². The number of rotatable bonds is 6. The SMILES string of the molecule is CC1(c2ccc3ccccc3c2)NC(=O)N(CC(O)COc2cc(Cl)ccc2Cl)C1=O. The summed E-state index contributed by atoms with van der Waals surface area (Å²) in [7, 11) is 0. The largest absolute Gasteiger partial charge is 0.489 e. The van der Waals surface area contributed by atoms with Gasteiger partial charge in [-0.15, -0.1) is 0 Å². The summed E-state index contributed by atoms with van der Waals surface area (Å²) in [6, 6.07) is 17.6. The van der Waals surface area contributed by atoms with Crippen LogP contribution in [0.15, 0.2) is 60.7 Å². The summed E-state index contributed by atoms with van der Waals surface area (Å²) in [6.07, 6.45) is -1.11. The lowest BCUT2D eigenvalue weighted by Gasteiger charge is -2.23. The van der Waals surface area contributed by atoms with Crippen LogP contribution in [0.25, 0.3) is 10.8 Å². The predicted molar refractivity (Wildman–Crippen MR) is 120 cm³/mol. The van der Waals surface area contributed by atoms with Crippen LogP contribution in [0.2, 0.25) is 10.0 Å². The van der Waals surface area contributed by atoms with E-state index in [-0.39, 0.29) is 13.2 Å². The van der Waals surface area contributed by atoms with Crippen molar-refractivity contribution in [3.63, 3.8) is 0 Å². The first-order valence-corrected chi connectivity index (χ1v) is 10.4. The van der Waals surface area contributed by atoms with Crippen molar-refractivity contribution in [2.45, 2.75) is 18.6 Å². The Morgan fingerprint density at radius 2 is 1.81 bits per heavy atom. The summed E-state index contributed by atoms with van der Waals surface area (Å²) in [5, 5.41) is 15.9. The molecule has 0 bridgehead atoms. The van der Waals surface area contributed by atoms with Gasteiger partial charge in [-0.05, 0) is 41.5 Å². The molecule has 2 unspecified atom stereocenters. The lowest BCUT2D eigenvalue weighted by Crippen LogP contribution is -2.42. The van der Waals surface area contributed by atoms with Crippen LogP contribution < -0.4 is 10.1 Å². The molecule has 0 radical (unpaired) electrons. The zero-order valence-corrected chi connectivity index (χ0v) is 18.2. The first kappa shape index (κ1) is 21.4. The van der Waals surface area contributed by atoms with Gasteiger partial charge in [0.15, 0.2) is 0 Å². The molecule has 0 aromatic heterocycles. The number of carbonyl (C=O) groups is 2. The summed E-state index contributed by atoms with van der Waals surface area (Å²) in [4.78, 5) is 26.7. The molecule has 1 saturated heterocycles. The maximum atomic E-state index is 13.1. The number of aliphatic hydroxyl groups excluding tert-OH is 1. The van der Waals surface area contributed by atoms with Crippen molar-refractivity contribution in [1.82, 2.24) is 10.2 Å². The average molecular weight is 459 g/mol. The molecular weight excluding hydrogens is 439 g/mol. The zero-order chi connectivity index (χ0) is 22.2. The van der Waals surface area contributed by atoms with Gasteiger partial charge in [0.2, 0.25) is 0 Å². The van der Waals surface area contributed by atoms with E-state index >= 15 is 0 Å². The van der Waals surface area contributed by atoms with Crippen LogP contribution in [0.1, 0.15) is 12.5 Å². The number of ether oxygens (including phenoxy) is 1. The van der Waals surface area contributed by atoms with Gasteiger partial charge in [0, 0.05) is 11.1 Å². The highest BCUT2D eigenvalue weighted by Crippen LogP contribution is 2.31. The Bertz CT molecular complexity index is 1170. The van der Waals surface area contributed by atoms with Gasteiger partial charge in [-0.3, -0.25) is 9.69 Å². The molecule has 31 heavy (non-hydrogen) atoms. The number of urea groups is 1. The molecule has 1 aliphatic rings. The van der Waals surface area contributed by atoms with E-state index in [1.807, 2.05) is 42.5 Å². The molecule has 3 aromatic rings. The number of hydrogen-bond donors (Lipinski definition) is 2. The van der Waals surface area contributed by atoms with Crippen LogP contribution in [-0.2, 0) is 10.3 Å². The molecule has 0 spiro atoms. The Balaban J connectivity index is 1.47. The summed E-state index contributed by atoms with van der Waals surface area (Å²) >= 11 is 12.0. The van der Waals surface area contributed by atoms with Gasteiger partial charge in [-0.1, -0.05) is 59.6 Å². The standard InChI is InChI=1S/C23H20Cl2N2O4/c1-23(16-7-6-14-4-2-3-5-15(14)10-16)21(29)27(22(30)26-23)12-18(28)13-31-20-11-17(24)8-9-19(20)25/h2-11,18,28H,12-13H2,1H3,(H,26,30). The van der Waals surface area contributed by atoms with Crippen molar-refractivity contribution in [2.75, 3.05) is 13.2 Å². The van der Waals surface area contributed by atoms with Crippen molar-refractivity contribution < 1.29 is 19.4 Å². The molecule has 0 saturated carbocycles. The molecule has 4 rings (SSSR count). The molecule has 2 N–H and O–H groups in total. The third kappa shape index (κ3) is 4.19. The number of fused-ring (bicyclic) bond motifs is 1. The molecule has 2 atom stereocenters. The highest BCUT2D eigenvalue weighted by Gasteiger charge is 2.49. The first-order valence-electron chi connectivity index (χ1n) is 9.67. The van der Waals surface area contributed by atoms with E-state index in [4.69, 9.17) is 27.9 Å². The fourth-order valence-corrected chi connectivity index (χ4v) is 3.93. The smallest absolute Gasteiger partial charge is 0.325 e. The minimum absolute atomic E-state index is 0.163. The number of benzene rings is 3. The predicted octanol–water partition coefficient (Wildman–Crippen LogP) is 4.35. The van der Waals surface area contributed by atoms with Gasteiger partial charge in [-0.2, -0.15) is 0 Å². The number of carbonyl (C=O) groups excluding carboxylic acids is 2. The number of β-amino-alcohol motifs (C(OH)–C–C–N with tert-alkyl or cyclic N) is 1. The number of halogens is 2. The topological polar surface area (TPSA) is 78.9 Å². The molecule has 1 fully saturated rings. The maximum Gasteiger partial charge on any atom is 0.325 e. The summed E-state index contributed by atoms with van der Waals surface area (Å²) in [6.45, 7) is 1.28. The molecule has 6 nitrogen and oxygen atoms in total. The van der Waals surface area contributed by atoms with E-state index in [1.54, 1.807) is 19.1 Å². The number of aliphatic hydroxyl groups is 1. The van der Waals surface area contributed by atoms with Crippen LogP contribution in [0.3, 0.4) is 0 Å². The van der Waals surface area contributed by atoms with Crippen LogP contribution in [0.5, 0.6) is 5.75 Å². The lowest BCUT2D eigenvalue weighted by atomic mass is 9.90. The molecule has 1 heterocycles. The van der Waals surface area contributed by atoms with Crippen LogP contribution >= 0.6 is 23.2 Å². The monoisotopic (exact) mass is 458 g/mol. The Hall–Kier alpha value is -2.80. The quantitative estimate of drug-likeness (QED) is 0.538. The van der Waals surface area contributed by atoms with E-state index in [0.717, 1.165) is 15.7 Å². The summed E-state index contributed by atoms with van der Waals surface area (Å²) < 4.78 is 5.51. The van der Waals surface area contributed by atoms with Crippen molar-refractivity contribution >= 4 is 45.9 Å². The Morgan fingerprint density at radius 3 is 2.58 bits per heavy atom. The van der Waals surface area contributed by atoms with Gasteiger partial charge < -0.3 is 15.2 Å². The Morgan fingerprint density at radius 1 is 1.06 bits per heavy atom. The molecular formula is C23H20Cl2N2O4. The van der Waals surface area contributed by atoms with Crippen molar-refractivity contribution in [1.29, 1.82) is 0 Å². The van der Waals surface area contributed by atoms with E-state index in [2.05, 4.69) is 5.32 Å². The Labute approximate surface area is 189 Å². The van der Waals surface area contributed by atoms with Gasteiger partial charge in [0.1, 0.15) is 24.0 Å². The second-order valence-corrected chi connectivity index (χ2v) is 8.42. The molecule has 3 amide bonds. The fraction of sp³-hybridized carbons (Fsp3) is 0.217. The second kappa shape index (κ2) is 8.38. The average Bonchev–Trinajstić information content (AvgIpc) is 2.98. The van der Waals surface area contributed by atoms with Crippen LogP contribution in [-0.4, -0.2) is 41.2 Å². The van der Waals surface area contributed by atoms with Gasteiger partial charge in [0.05, 0.1) is 11.6 Å². The number of imide groups is 1. The lowest BCUT2D eigenvalue weighted by molar-refractivity contribution is -0.132. The third-order valence-corrected chi connectivity index (χ3v) is 5.87. The van der Waals surface area contributed by atoms with E-state index in [1.165, 1.54) is 6.07 Å². The Kier molecular flexibility index (Phi) is 5.79. The number of hydrogen-bond acceptors (Lipinski definition) is 4. The summed E-state index contributed by atoms with van der Waals surface area (Å²) in [5.74, 6) is -0.126. The second-order valence-electron chi connectivity index (χ2n) is 7.57. The number of nitrogens with zero attached hydrogens (tertiary/aromatic N) is 1. The van der Waals surface area contributed by atoms with Crippen molar-refractivity contribution in [3.05, 3.63) is 76.3 Å². The van der Waals surface area contributed by atoms with Crippen LogP contribution in [0, 0.1) is 0 Å². The van der Waals surface area contributed by atoms with E-state index in [0.29, 0.717) is 21.4 Å². The maximum absolute atomic E-state index is 13.1. The molecule has 160 valence electrons. The van der Waals surface area contributed by atoms with Crippen molar-refractivity contribution in [3.8, 4) is 5.75 Å². The first-order chi connectivity index (χ1) is 14.8. The third-order valence-electron chi connectivity index (χ3n) is 5.32. The highest BCUT2D eigenvalue weighted by atomic mass is 35.5. The van der Waals surface area contributed by atoms with Crippen molar-refractivity contribution in [2.24, 2.45) is 0 Å². The highest BCUT2D eigenvalue weighted by molar-refractivity contribution is 6.34. The van der Waals surface area contributed by atoms with E-state index in [9.17, 15) is 14.7 Å². The molecule has 8 heteroatoms. The van der Waals surface area contributed by atoms with Crippen LogP contribution in [0.4, 0.5) is 4.79 Å². The van der Waals surface area contributed by atoms with Gasteiger partial charge >= 0.3 is 6.03 Å². The number of nitrogens with one attached hydrogen (secondary N) is 1. The zero-order valence-electron chi connectivity index (χ0n) is 16.6. The van der Waals surface area contributed by atoms with E-state index < -0.39 is 23.6 Å². The van der Waals surface area contributed by atoms with Gasteiger partial charge in [0.25, 0.3) is 5.91 Å². The molecule has 0 aliphatic carbocycles. The minimum Gasteiger partial charge on any atom is -0.489 e. The fourth-order valence-electron chi connectivity index (χ4n) is 3.60. The summed E-state index contributed by atoms with van der Waals surface area (Å²) in [5.41, 5.74) is -0.554. The molecule has 3 aromatic carbocycles.